The number of carbonyl (C=O) groups excluding carboxylic acids is 2. The summed E-state index contributed by atoms with van der Waals surface area (Å²) in [6.45, 7) is 6.61. The monoisotopic (exact) mass is 450 g/mol. The summed E-state index contributed by atoms with van der Waals surface area (Å²) in [6.07, 6.45) is 0.652. The fourth-order valence-corrected chi connectivity index (χ4v) is 4.89. The molecule has 0 aromatic heterocycles. The van der Waals surface area contributed by atoms with Gasteiger partial charge in [0, 0.05) is 58.8 Å². The molecule has 0 radical (unpaired) electrons. The number of piperazine rings is 1. The molecule has 0 aliphatic carbocycles. The predicted molar refractivity (Wildman–Crippen MR) is 128 cm³/mol. The second kappa shape index (κ2) is 10.8. The molecule has 0 bridgehead atoms. The fraction of sp³-hybridized carbons (Fsp3) is 0.462. The summed E-state index contributed by atoms with van der Waals surface area (Å²) in [5, 5.41) is 3.29. The molecule has 2 heterocycles. The van der Waals surface area contributed by atoms with Gasteiger partial charge in [-0.05, 0) is 29.7 Å². The molecule has 7 nitrogen and oxygen atoms in total. The Morgan fingerprint density at radius 1 is 1.03 bits per heavy atom. The molecule has 2 atom stereocenters. The molecule has 33 heavy (non-hydrogen) atoms. The Morgan fingerprint density at radius 3 is 2.42 bits per heavy atom. The Hall–Kier alpha value is -2.90. The molecule has 2 saturated heterocycles. The van der Waals surface area contributed by atoms with Gasteiger partial charge in [-0.15, -0.1) is 0 Å². The second-order valence-corrected chi connectivity index (χ2v) is 8.89. The average molecular weight is 451 g/mol. The highest BCUT2D eigenvalue weighted by Gasteiger charge is 2.42. The molecule has 2 amide bonds. The van der Waals surface area contributed by atoms with Crippen LogP contribution in [-0.4, -0.2) is 78.4 Å². The first-order chi connectivity index (χ1) is 16.0. The van der Waals surface area contributed by atoms with Crippen molar-refractivity contribution in [2.45, 2.75) is 38.5 Å². The van der Waals surface area contributed by atoms with E-state index < -0.39 is 6.04 Å². The van der Waals surface area contributed by atoms with Crippen LogP contribution in [0.25, 0.3) is 0 Å². The van der Waals surface area contributed by atoms with E-state index in [0.29, 0.717) is 26.1 Å². The predicted octanol–water partition coefficient (Wildman–Crippen LogP) is 2.12. The van der Waals surface area contributed by atoms with E-state index in [1.165, 1.54) is 5.56 Å². The summed E-state index contributed by atoms with van der Waals surface area (Å²) in [5.41, 5.74) is 2.36. The van der Waals surface area contributed by atoms with Gasteiger partial charge in [0.2, 0.25) is 11.8 Å². The zero-order chi connectivity index (χ0) is 23.2. The number of likely N-dealkylation sites (tertiary alicyclic amines) is 1. The molecule has 2 aliphatic rings. The summed E-state index contributed by atoms with van der Waals surface area (Å²) in [6, 6.07) is 18.2. The van der Waals surface area contributed by atoms with Crippen LogP contribution < -0.4 is 10.1 Å². The molecule has 2 aromatic carbocycles. The van der Waals surface area contributed by atoms with E-state index in [1.807, 2.05) is 35.2 Å². The van der Waals surface area contributed by atoms with Gasteiger partial charge in [-0.1, -0.05) is 42.5 Å². The number of nitrogens with one attached hydrogen (secondary N) is 1. The van der Waals surface area contributed by atoms with Crippen LogP contribution in [0.2, 0.25) is 0 Å². The molecule has 0 spiro atoms. The third-order valence-corrected chi connectivity index (χ3v) is 6.66. The molecular formula is C26H34N4O3. The maximum atomic E-state index is 13.4. The topological polar surface area (TPSA) is 65.1 Å². The van der Waals surface area contributed by atoms with Crippen LogP contribution in [-0.2, 0) is 22.7 Å². The standard InChI is InChI=1S/C26H34N4O3/c1-20(31)30-19-23(16-25(30)26(32)28-13-11-27-12-14-28)29(17-21-7-4-3-5-8-21)18-22-9-6-10-24(15-22)33-2/h3-10,15,23,25,27H,11-14,16-19H2,1-2H3. The first kappa shape index (κ1) is 23.3. The minimum Gasteiger partial charge on any atom is -0.497 e. The van der Waals surface area contributed by atoms with E-state index in [-0.39, 0.29) is 17.9 Å². The molecular weight excluding hydrogens is 416 g/mol. The minimum absolute atomic E-state index is 0.0352. The number of methoxy groups -OCH3 is 1. The normalized spacial score (nSPS) is 20.8. The Balaban J connectivity index is 1.56. The van der Waals surface area contributed by atoms with Crippen LogP contribution in [0.1, 0.15) is 24.5 Å². The van der Waals surface area contributed by atoms with Crippen LogP contribution in [0.5, 0.6) is 5.75 Å². The first-order valence-electron chi connectivity index (χ1n) is 11.7. The quantitative estimate of drug-likeness (QED) is 0.700. The van der Waals surface area contributed by atoms with Crippen molar-refractivity contribution in [3.8, 4) is 5.75 Å². The van der Waals surface area contributed by atoms with Crippen LogP contribution in [0.3, 0.4) is 0 Å². The van der Waals surface area contributed by atoms with Gasteiger partial charge in [-0.2, -0.15) is 0 Å². The molecule has 4 rings (SSSR count). The van der Waals surface area contributed by atoms with E-state index in [1.54, 1.807) is 18.9 Å². The van der Waals surface area contributed by atoms with Crippen molar-refractivity contribution in [3.05, 3.63) is 65.7 Å². The molecule has 176 valence electrons. The number of benzene rings is 2. The Labute approximate surface area is 196 Å². The molecule has 2 unspecified atom stereocenters. The van der Waals surface area contributed by atoms with E-state index in [2.05, 4.69) is 34.5 Å². The summed E-state index contributed by atoms with van der Waals surface area (Å²) in [4.78, 5) is 31.9. The zero-order valence-electron chi connectivity index (χ0n) is 19.6. The van der Waals surface area contributed by atoms with Crippen LogP contribution in [0, 0.1) is 0 Å². The van der Waals surface area contributed by atoms with Crippen LogP contribution in [0.15, 0.2) is 54.6 Å². The van der Waals surface area contributed by atoms with Crippen molar-refractivity contribution in [2.24, 2.45) is 0 Å². The summed E-state index contributed by atoms with van der Waals surface area (Å²) in [5.74, 6) is 0.873. The molecule has 1 N–H and O–H groups in total. The highest BCUT2D eigenvalue weighted by atomic mass is 16.5. The molecule has 2 aromatic rings. The van der Waals surface area contributed by atoms with Gasteiger partial charge in [0.15, 0.2) is 0 Å². The summed E-state index contributed by atoms with van der Waals surface area (Å²) in [7, 11) is 1.68. The Bertz CT molecular complexity index is 946. The zero-order valence-corrected chi connectivity index (χ0v) is 19.6. The van der Waals surface area contributed by atoms with Crippen molar-refractivity contribution >= 4 is 11.8 Å². The van der Waals surface area contributed by atoms with Gasteiger partial charge < -0.3 is 19.9 Å². The smallest absolute Gasteiger partial charge is 0.245 e. The lowest BCUT2D eigenvalue weighted by molar-refractivity contribution is -0.143. The highest BCUT2D eigenvalue weighted by Crippen LogP contribution is 2.27. The lowest BCUT2D eigenvalue weighted by Gasteiger charge is -2.32. The number of hydrogen-bond acceptors (Lipinski definition) is 5. The Kier molecular flexibility index (Phi) is 7.62. The van der Waals surface area contributed by atoms with Gasteiger partial charge in [0.25, 0.3) is 0 Å². The maximum absolute atomic E-state index is 13.4. The SMILES string of the molecule is COc1cccc(CN(Cc2ccccc2)C2CC(C(=O)N3CCNCC3)N(C(C)=O)C2)c1. The largest absolute Gasteiger partial charge is 0.497 e. The summed E-state index contributed by atoms with van der Waals surface area (Å²) >= 11 is 0. The number of hydrogen-bond donors (Lipinski definition) is 1. The van der Waals surface area contributed by atoms with Gasteiger partial charge in [0.1, 0.15) is 11.8 Å². The van der Waals surface area contributed by atoms with E-state index in [9.17, 15) is 9.59 Å². The van der Waals surface area contributed by atoms with Crippen LogP contribution in [0.4, 0.5) is 0 Å². The maximum Gasteiger partial charge on any atom is 0.245 e. The number of carbonyl (C=O) groups is 2. The number of amides is 2. The first-order valence-corrected chi connectivity index (χ1v) is 11.7. The van der Waals surface area contributed by atoms with Crippen molar-refractivity contribution in [3.63, 3.8) is 0 Å². The number of nitrogens with zero attached hydrogens (tertiary/aromatic N) is 3. The lowest BCUT2D eigenvalue weighted by atomic mass is 10.1. The van der Waals surface area contributed by atoms with E-state index in [4.69, 9.17) is 4.74 Å². The van der Waals surface area contributed by atoms with Gasteiger partial charge in [-0.3, -0.25) is 14.5 Å². The lowest BCUT2D eigenvalue weighted by Crippen LogP contribution is -2.53. The molecule has 2 fully saturated rings. The van der Waals surface area contributed by atoms with Gasteiger partial charge >= 0.3 is 0 Å². The van der Waals surface area contributed by atoms with Gasteiger partial charge in [-0.25, -0.2) is 0 Å². The van der Waals surface area contributed by atoms with Crippen molar-refractivity contribution < 1.29 is 14.3 Å². The second-order valence-electron chi connectivity index (χ2n) is 8.89. The van der Waals surface area contributed by atoms with E-state index in [0.717, 1.165) is 37.5 Å². The third kappa shape index (κ3) is 5.72. The molecule has 0 saturated carbocycles. The minimum atomic E-state index is -0.394. The van der Waals surface area contributed by atoms with Crippen molar-refractivity contribution in [1.82, 2.24) is 20.0 Å². The average Bonchev–Trinajstić information content (AvgIpc) is 3.30. The molecule has 7 heteroatoms. The number of rotatable bonds is 7. The van der Waals surface area contributed by atoms with Gasteiger partial charge in [0.05, 0.1) is 7.11 Å². The third-order valence-electron chi connectivity index (χ3n) is 6.66. The fourth-order valence-electron chi connectivity index (χ4n) is 4.89. The number of ether oxygens (including phenoxy) is 1. The highest BCUT2D eigenvalue weighted by molar-refractivity contribution is 5.87. The van der Waals surface area contributed by atoms with E-state index >= 15 is 0 Å². The summed E-state index contributed by atoms with van der Waals surface area (Å²) < 4.78 is 5.42. The van der Waals surface area contributed by atoms with Crippen LogP contribution >= 0.6 is 0 Å². The Morgan fingerprint density at radius 2 is 1.73 bits per heavy atom. The van der Waals surface area contributed by atoms with Crippen molar-refractivity contribution in [1.29, 1.82) is 0 Å². The van der Waals surface area contributed by atoms with Crippen molar-refractivity contribution in [2.75, 3.05) is 39.8 Å². The molecule has 2 aliphatic heterocycles.